The van der Waals surface area contributed by atoms with Crippen LogP contribution in [0.4, 0.5) is 5.82 Å². The highest BCUT2D eigenvalue weighted by molar-refractivity contribution is 6.12. The quantitative estimate of drug-likeness (QED) is 0.136. The van der Waals surface area contributed by atoms with Crippen LogP contribution in [0.25, 0.3) is 21.5 Å². The summed E-state index contributed by atoms with van der Waals surface area (Å²) < 4.78 is 25.4. The minimum atomic E-state index is -0.365. The Morgan fingerprint density at radius 2 is 1.45 bits per heavy atom. The lowest BCUT2D eigenvalue weighted by molar-refractivity contribution is -0.966. The van der Waals surface area contributed by atoms with Crippen LogP contribution in [0.2, 0.25) is 0 Å². The molecule has 6 rings (SSSR count). The Bertz CT molecular complexity index is 1640. The van der Waals surface area contributed by atoms with Crippen molar-refractivity contribution in [1.82, 2.24) is 9.55 Å². The van der Waals surface area contributed by atoms with E-state index >= 15 is 0 Å². The summed E-state index contributed by atoms with van der Waals surface area (Å²) in [4.78, 5) is 15.5. The van der Waals surface area contributed by atoms with Crippen molar-refractivity contribution in [2.75, 3.05) is 35.0 Å². The van der Waals surface area contributed by atoms with Gasteiger partial charge in [-0.25, -0.2) is 0 Å². The van der Waals surface area contributed by atoms with Crippen molar-refractivity contribution in [2.24, 2.45) is 7.05 Å². The van der Waals surface area contributed by atoms with Crippen molar-refractivity contribution in [2.45, 2.75) is 38.4 Å². The Kier molecular flexibility index (Phi) is 7.30. The lowest BCUT2D eigenvalue weighted by atomic mass is 9.83. The van der Waals surface area contributed by atoms with Gasteiger partial charge in [0.1, 0.15) is 13.1 Å². The molecule has 0 saturated carbocycles. The molecule has 0 spiro atoms. The summed E-state index contributed by atoms with van der Waals surface area (Å²) in [5, 5.41) is 16.2. The van der Waals surface area contributed by atoms with Gasteiger partial charge in [-0.3, -0.25) is 0 Å². The smallest absolute Gasteiger partial charge is 0.390 e. The van der Waals surface area contributed by atoms with Crippen molar-refractivity contribution in [1.29, 1.82) is 0 Å². The van der Waals surface area contributed by atoms with Crippen molar-refractivity contribution in [3.63, 3.8) is 0 Å². The molecule has 3 heterocycles. The zero-order chi connectivity index (χ0) is 27.5. The maximum Gasteiger partial charge on any atom is 0.390 e. The summed E-state index contributed by atoms with van der Waals surface area (Å²) in [6, 6.07) is 8.59. The average molecular weight is 614 g/mol. The molecule has 1 aromatic heterocycles. The second kappa shape index (κ2) is 10.4. The van der Waals surface area contributed by atoms with Crippen LogP contribution in [0.1, 0.15) is 29.7 Å². The number of hydrogen-bond acceptors (Lipinski definition) is 7. The third-order valence-electron chi connectivity index (χ3n) is 8.85. The number of aryl methyl sites for hydroxylation is 1. The van der Waals surface area contributed by atoms with Crippen molar-refractivity contribution in [3.8, 4) is 23.0 Å². The molecule has 1 unspecified atom stereocenters. The van der Waals surface area contributed by atoms with Crippen LogP contribution in [0, 0.1) is 10.1 Å². The van der Waals surface area contributed by atoms with Gasteiger partial charge in [-0.15, -0.1) is 0 Å². The standard InChI is InChI=1S/C29H33N4O6.BrH/c1-31-16-30-29(32(34)35)24(31)15-33-8-6-7-17(33)9-18-19-10-25(36-2)26(37-3)11-20(19)21-12-27(38-4)28(39-5)13-22(21)23(18)14-33;/h10-13,16-17H,6-9,14-15H2,1-5H3;1H/q+1;/p-1/t17-,33?;/m0./s1. The van der Waals surface area contributed by atoms with Gasteiger partial charge >= 0.3 is 5.82 Å². The molecule has 0 amide bonds. The molecule has 2 aliphatic rings. The second-order valence-corrected chi connectivity index (χ2v) is 10.6. The van der Waals surface area contributed by atoms with Gasteiger partial charge in [0.15, 0.2) is 28.7 Å². The van der Waals surface area contributed by atoms with E-state index in [9.17, 15) is 10.1 Å². The van der Waals surface area contributed by atoms with Gasteiger partial charge in [0.2, 0.25) is 6.33 Å². The number of nitro groups is 1. The van der Waals surface area contributed by atoms with Crippen LogP contribution < -0.4 is 35.9 Å². The van der Waals surface area contributed by atoms with Crippen molar-refractivity contribution >= 4 is 27.4 Å². The van der Waals surface area contributed by atoms with Gasteiger partial charge in [0.25, 0.3) is 0 Å². The highest BCUT2D eigenvalue weighted by Gasteiger charge is 2.48. The largest absolute Gasteiger partial charge is 1.00 e. The van der Waals surface area contributed by atoms with E-state index in [4.69, 9.17) is 18.9 Å². The van der Waals surface area contributed by atoms with E-state index in [0.717, 1.165) is 58.4 Å². The zero-order valence-corrected chi connectivity index (χ0v) is 24.9. The summed E-state index contributed by atoms with van der Waals surface area (Å²) in [6.45, 7) is 2.29. The Labute approximate surface area is 242 Å². The first-order chi connectivity index (χ1) is 18.8. The van der Waals surface area contributed by atoms with E-state index in [0.29, 0.717) is 41.3 Å². The van der Waals surface area contributed by atoms with E-state index in [1.807, 2.05) is 19.2 Å². The number of methoxy groups -OCH3 is 4. The molecule has 0 bridgehead atoms. The van der Waals surface area contributed by atoms with Gasteiger partial charge in [-0.05, 0) is 61.3 Å². The summed E-state index contributed by atoms with van der Waals surface area (Å²) in [5.41, 5.74) is 3.21. The Balaban J connectivity index is 0.00000323. The maximum atomic E-state index is 11.8. The van der Waals surface area contributed by atoms with E-state index in [-0.39, 0.29) is 27.7 Å². The molecule has 0 aliphatic carbocycles. The number of nitrogens with zero attached hydrogens (tertiary/aromatic N) is 4. The molecule has 1 fully saturated rings. The van der Waals surface area contributed by atoms with E-state index in [1.54, 1.807) is 39.3 Å². The fourth-order valence-electron chi connectivity index (χ4n) is 6.93. The third-order valence-corrected chi connectivity index (χ3v) is 8.85. The minimum Gasteiger partial charge on any atom is -1.00 e. The molecular formula is C29H33BrN4O6. The first-order valence-corrected chi connectivity index (χ1v) is 13.1. The molecule has 3 aromatic carbocycles. The SMILES string of the molecule is COc1cc2c3c(c4cc(OC)c(OC)cc4c2cc1OC)C[N+]1(Cc2c([N+](=O)[O-])ncn2C)CCC[C@H]1C3.[Br-]. The molecule has 0 radical (unpaired) electrons. The molecule has 0 N–H and O–H groups in total. The lowest BCUT2D eigenvalue weighted by Gasteiger charge is -2.44. The molecule has 1 saturated heterocycles. The minimum absolute atomic E-state index is 0. The molecular weight excluding hydrogens is 580 g/mol. The number of imidazole rings is 1. The molecule has 40 heavy (non-hydrogen) atoms. The number of ether oxygens (including phenoxy) is 4. The number of quaternary nitrogens is 1. The predicted octanol–water partition coefficient (Wildman–Crippen LogP) is 1.91. The average Bonchev–Trinajstić information content (AvgIpc) is 3.53. The fraction of sp³-hybridized carbons (Fsp3) is 0.414. The molecule has 2 aliphatic heterocycles. The van der Waals surface area contributed by atoms with Gasteiger partial charge in [-0.1, -0.05) is 0 Å². The summed E-state index contributed by atoms with van der Waals surface area (Å²) in [7, 11) is 8.44. The van der Waals surface area contributed by atoms with Gasteiger partial charge < -0.3 is 55.1 Å². The van der Waals surface area contributed by atoms with Crippen LogP contribution in [-0.4, -0.2) is 60.0 Å². The molecule has 2 atom stereocenters. The van der Waals surface area contributed by atoms with Crippen molar-refractivity contribution in [3.05, 3.63) is 57.5 Å². The Hall–Kier alpha value is -3.57. The normalized spacial score (nSPS) is 19.6. The van der Waals surface area contributed by atoms with E-state index < -0.39 is 0 Å². The number of hydrogen-bond donors (Lipinski definition) is 0. The number of halogens is 1. The van der Waals surface area contributed by atoms with Crippen LogP contribution in [0.15, 0.2) is 30.6 Å². The number of fused-ring (bicyclic) bond motifs is 7. The predicted molar refractivity (Wildman–Crippen MR) is 147 cm³/mol. The van der Waals surface area contributed by atoms with Gasteiger partial charge in [-0.2, -0.15) is 0 Å². The second-order valence-electron chi connectivity index (χ2n) is 10.6. The highest BCUT2D eigenvalue weighted by Crippen LogP contribution is 2.49. The number of benzene rings is 3. The first kappa shape index (κ1) is 28.0. The zero-order valence-electron chi connectivity index (χ0n) is 23.3. The first-order valence-electron chi connectivity index (χ1n) is 13.1. The summed E-state index contributed by atoms with van der Waals surface area (Å²) in [5.74, 6) is 2.64. The lowest BCUT2D eigenvalue weighted by Crippen LogP contribution is -3.00. The molecule has 4 aromatic rings. The van der Waals surface area contributed by atoms with Crippen LogP contribution in [0.5, 0.6) is 23.0 Å². The highest BCUT2D eigenvalue weighted by atomic mass is 79.9. The number of aromatic nitrogens is 2. The molecule has 11 heteroatoms. The monoisotopic (exact) mass is 612 g/mol. The molecule has 10 nitrogen and oxygen atoms in total. The Morgan fingerprint density at radius 1 is 0.925 bits per heavy atom. The fourth-order valence-corrected chi connectivity index (χ4v) is 6.93. The van der Waals surface area contributed by atoms with Crippen LogP contribution in [-0.2, 0) is 26.6 Å². The van der Waals surface area contributed by atoms with E-state index in [1.165, 1.54) is 11.1 Å². The van der Waals surface area contributed by atoms with Crippen LogP contribution >= 0.6 is 0 Å². The van der Waals surface area contributed by atoms with Crippen LogP contribution in [0.3, 0.4) is 0 Å². The van der Waals surface area contributed by atoms with Gasteiger partial charge in [0, 0.05) is 31.9 Å². The summed E-state index contributed by atoms with van der Waals surface area (Å²) >= 11 is 0. The van der Waals surface area contributed by atoms with Crippen molar-refractivity contribution < 1.29 is 45.3 Å². The van der Waals surface area contributed by atoms with E-state index in [2.05, 4.69) is 17.1 Å². The third kappa shape index (κ3) is 4.14. The summed E-state index contributed by atoms with van der Waals surface area (Å²) in [6.07, 6.45) is 4.57. The topological polar surface area (TPSA) is 97.9 Å². The Morgan fingerprint density at radius 3 is 1.98 bits per heavy atom. The maximum absolute atomic E-state index is 11.8. The number of rotatable bonds is 7. The molecule has 212 valence electrons. The van der Waals surface area contributed by atoms with Gasteiger partial charge in [0.05, 0.1) is 41.0 Å².